The summed E-state index contributed by atoms with van der Waals surface area (Å²) < 4.78 is 49.9. The number of rotatable bonds is 1. The molecule has 1 atom stereocenters. The van der Waals surface area contributed by atoms with Crippen molar-refractivity contribution in [3.05, 3.63) is 23.8 Å². The van der Waals surface area contributed by atoms with E-state index in [1.165, 1.54) is 17.0 Å². The maximum absolute atomic E-state index is 13.1. The van der Waals surface area contributed by atoms with Crippen molar-refractivity contribution in [1.82, 2.24) is 0 Å². The van der Waals surface area contributed by atoms with Crippen molar-refractivity contribution in [2.75, 3.05) is 31.3 Å². The van der Waals surface area contributed by atoms with Crippen molar-refractivity contribution < 1.29 is 27.4 Å². The first-order valence-electron chi connectivity index (χ1n) is 7.70. The zero-order chi connectivity index (χ0) is 16.4. The monoisotopic (exact) mass is 329 g/mol. The average molecular weight is 329 g/mol. The molecule has 126 valence electrons. The molecule has 7 heteroatoms. The number of benzene rings is 1. The van der Waals surface area contributed by atoms with Gasteiger partial charge in [-0.3, -0.25) is 4.79 Å². The first-order chi connectivity index (χ1) is 11.0. The lowest BCUT2D eigenvalue weighted by molar-refractivity contribution is -0.139. The normalized spacial score (nSPS) is 22.0. The fraction of sp³-hybridized carbons (Fsp3) is 0.562. The number of hydrogen-bond acceptors (Lipinski definition) is 3. The van der Waals surface area contributed by atoms with Gasteiger partial charge in [-0.05, 0) is 31.4 Å². The minimum atomic E-state index is -4.51. The highest BCUT2D eigenvalue weighted by atomic mass is 19.4. The number of halogens is 3. The Bertz CT molecular complexity index is 580. The molecular weight excluding hydrogens is 311 g/mol. The lowest BCUT2D eigenvalue weighted by atomic mass is 9.98. The summed E-state index contributed by atoms with van der Waals surface area (Å²) in [6.07, 6.45) is -2.42. The molecular formula is C16H18F3NO3. The zero-order valence-corrected chi connectivity index (χ0v) is 12.6. The molecule has 3 rings (SSSR count). The van der Waals surface area contributed by atoms with Crippen LogP contribution in [0.25, 0.3) is 0 Å². The summed E-state index contributed by atoms with van der Waals surface area (Å²) in [5.74, 6) is -0.596. The number of hydrogen-bond donors (Lipinski definition) is 0. The van der Waals surface area contributed by atoms with Crippen LogP contribution in [0.4, 0.5) is 18.9 Å². The Morgan fingerprint density at radius 1 is 1.17 bits per heavy atom. The van der Waals surface area contributed by atoms with E-state index >= 15 is 0 Å². The molecule has 0 spiro atoms. The first kappa shape index (κ1) is 16.1. The van der Waals surface area contributed by atoms with E-state index in [0.29, 0.717) is 26.1 Å². The van der Waals surface area contributed by atoms with Crippen molar-refractivity contribution in [3.63, 3.8) is 0 Å². The number of carbonyl (C=O) groups is 1. The summed E-state index contributed by atoms with van der Waals surface area (Å²) in [5, 5.41) is 0. The lowest BCUT2D eigenvalue weighted by Crippen LogP contribution is -2.42. The highest BCUT2D eigenvalue weighted by Gasteiger charge is 2.39. The zero-order valence-electron chi connectivity index (χ0n) is 12.6. The summed E-state index contributed by atoms with van der Waals surface area (Å²) in [4.78, 5) is 14.2. The predicted octanol–water partition coefficient (Wildman–Crippen LogP) is 3.25. The van der Waals surface area contributed by atoms with Crippen molar-refractivity contribution in [3.8, 4) is 5.75 Å². The fourth-order valence-electron chi connectivity index (χ4n) is 3.07. The van der Waals surface area contributed by atoms with Crippen LogP contribution in [-0.4, -0.2) is 32.3 Å². The molecule has 0 radical (unpaired) electrons. The van der Waals surface area contributed by atoms with Gasteiger partial charge in [-0.1, -0.05) is 6.07 Å². The third kappa shape index (κ3) is 3.29. The third-order valence-electron chi connectivity index (χ3n) is 4.22. The molecule has 0 bridgehead atoms. The Morgan fingerprint density at radius 2 is 2.00 bits per heavy atom. The van der Waals surface area contributed by atoms with Gasteiger partial charge in [0.25, 0.3) is 0 Å². The van der Waals surface area contributed by atoms with Gasteiger partial charge in [0, 0.05) is 19.1 Å². The van der Waals surface area contributed by atoms with Crippen LogP contribution >= 0.6 is 0 Å². The molecule has 2 heterocycles. The quantitative estimate of drug-likeness (QED) is 0.794. The maximum Gasteiger partial charge on any atom is 0.420 e. The van der Waals surface area contributed by atoms with Gasteiger partial charge in [-0.15, -0.1) is 0 Å². The Balaban J connectivity index is 1.91. The van der Waals surface area contributed by atoms with Crippen LogP contribution in [0, 0.1) is 5.92 Å². The Labute approximate surface area is 132 Å². The van der Waals surface area contributed by atoms with E-state index in [1.807, 2.05) is 0 Å². The van der Waals surface area contributed by atoms with Crippen LogP contribution in [0.1, 0.15) is 24.8 Å². The molecule has 0 aliphatic carbocycles. The number of para-hydroxylation sites is 1. The number of nitrogens with zero attached hydrogens (tertiary/aromatic N) is 1. The van der Waals surface area contributed by atoms with Crippen molar-refractivity contribution >= 4 is 11.6 Å². The molecule has 1 aromatic rings. The SMILES string of the molecule is O=C([C@@H]1CCCOCC1)N1CCOc2c1cccc2C(F)(F)F. The number of anilines is 1. The molecule has 1 aromatic carbocycles. The van der Waals surface area contributed by atoms with E-state index in [2.05, 4.69) is 0 Å². The summed E-state index contributed by atoms with van der Waals surface area (Å²) in [7, 11) is 0. The van der Waals surface area contributed by atoms with Crippen LogP contribution < -0.4 is 9.64 Å². The fourth-order valence-corrected chi connectivity index (χ4v) is 3.07. The number of amides is 1. The minimum Gasteiger partial charge on any atom is -0.489 e. The second-order valence-electron chi connectivity index (χ2n) is 5.73. The molecule has 2 aliphatic heterocycles. The number of alkyl halides is 3. The van der Waals surface area contributed by atoms with Crippen LogP contribution in [0.2, 0.25) is 0 Å². The van der Waals surface area contributed by atoms with Crippen LogP contribution in [0.15, 0.2) is 18.2 Å². The molecule has 1 fully saturated rings. The van der Waals surface area contributed by atoms with Crippen LogP contribution in [0.3, 0.4) is 0 Å². The standard InChI is InChI=1S/C16H18F3NO3/c17-16(18,19)12-4-1-5-13-14(12)23-10-7-20(13)15(21)11-3-2-8-22-9-6-11/h1,4-5,11H,2-3,6-10H2/t11-/m1/s1. The van der Waals surface area contributed by atoms with Gasteiger partial charge in [-0.2, -0.15) is 13.2 Å². The van der Waals surface area contributed by atoms with Crippen LogP contribution in [-0.2, 0) is 15.7 Å². The Hall–Kier alpha value is -1.76. The second-order valence-corrected chi connectivity index (χ2v) is 5.73. The lowest BCUT2D eigenvalue weighted by Gasteiger charge is -2.33. The van der Waals surface area contributed by atoms with Crippen molar-refractivity contribution in [1.29, 1.82) is 0 Å². The molecule has 0 unspecified atom stereocenters. The molecule has 0 saturated carbocycles. The Kier molecular flexibility index (Phi) is 4.48. The molecule has 2 aliphatic rings. The second kappa shape index (κ2) is 6.39. The largest absolute Gasteiger partial charge is 0.489 e. The summed E-state index contributed by atoms with van der Waals surface area (Å²) >= 11 is 0. The van der Waals surface area contributed by atoms with Gasteiger partial charge in [-0.25, -0.2) is 0 Å². The van der Waals surface area contributed by atoms with Crippen LogP contribution in [0.5, 0.6) is 5.75 Å². The van der Waals surface area contributed by atoms with Gasteiger partial charge in [0.05, 0.1) is 17.8 Å². The van der Waals surface area contributed by atoms with Crippen molar-refractivity contribution in [2.45, 2.75) is 25.4 Å². The molecule has 1 amide bonds. The maximum atomic E-state index is 13.1. The van der Waals surface area contributed by atoms with E-state index in [0.717, 1.165) is 12.5 Å². The van der Waals surface area contributed by atoms with E-state index in [1.54, 1.807) is 0 Å². The molecule has 0 aromatic heterocycles. The predicted molar refractivity (Wildman–Crippen MR) is 77.5 cm³/mol. The summed E-state index contributed by atoms with van der Waals surface area (Å²) in [6, 6.07) is 3.80. The number of carbonyl (C=O) groups excluding carboxylic acids is 1. The van der Waals surface area contributed by atoms with E-state index in [-0.39, 0.29) is 36.4 Å². The van der Waals surface area contributed by atoms with Gasteiger partial charge in [0.15, 0.2) is 5.75 Å². The molecule has 23 heavy (non-hydrogen) atoms. The van der Waals surface area contributed by atoms with Gasteiger partial charge in [0.2, 0.25) is 5.91 Å². The molecule has 4 nitrogen and oxygen atoms in total. The van der Waals surface area contributed by atoms with Gasteiger partial charge in [0.1, 0.15) is 6.61 Å². The molecule has 0 N–H and O–H groups in total. The van der Waals surface area contributed by atoms with E-state index in [9.17, 15) is 18.0 Å². The Morgan fingerprint density at radius 3 is 2.78 bits per heavy atom. The summed E-state index contributed by atoms with van der Waals surface area (Å²) in [6.45, 7) is 1.47. The highest BCUT2D eigenvalue weighted by molar-refractivity contribution is 5.97. The third-order valence-corrected chi connectivity index (χ3v) is 4.22. The molecule has 1 saturated heterocycles. The first-order valence-corrected chi connectivity index (χ1v) is 7.70. The topological polar surface area (TPSA) is 38.8 Å². The van der Waals surface area contributed by atoms with E-state index < -0.39 is 11.7 Å². The van der Waals surface area contributed by atoms with Gasteiger partial charge < -0.3 is 14.4 Å². The summed E-state index contributed by atoms with van der Waals surface area (Å²) in [5.41, 5.74) is -0.627. The smallest absolute Gasteiger partial charge is 0.420 e. The van der Waals surface area contributed by atoms with Gasteiger partial charge >= 0.3 is 6.18 Å². The number of ether oxygens (including phenoxy) is 2. The van der Waals surface area contributed by atoms with E-state index in [4.69, 9.17) is 9.47 Å². The van der Waals surface area contributed by atoms with Crippen molar-refractivity contribution in [2.24, 2.45) is 5.92 Å². The average Bonchev–Trinajstić information content (AvgIpc) is 2.81. The highest BCUT2D eigenvalue weighted by Crippen LogP contribution is 2.43. The number of fused-ring (bicyclic) bond motifs is 1. The minimum absolute atomic E-state index is 0.0645.